The number of benzene rings is 1. The molecule has 0 aromatic heterocycles. The zero-order valence-corrected chi connectivity index (χ0v) is 18.3. The minimum Gasteiger partial charge on any atom is -0.465 e. The SMILES string of the molecule is CCCN(CC(=O)OCC)C(=O)c1cc(I)cc(I)c1I. The molecule has 0 saturated carbocycles. The summed E-state index contributed by atoms with van der Waals surface area (Å²) in [6, 6.07) is 3.88. The third-order valence-electron chi connectivity index (χ3n) is 2.63. The Morgan fingerprint density at radius 3 is 2.43 bits per heavy atom. The number of ether oxygens (including phenoxy) is 1. The first-order valence-electron chi connectivity index (χ1n) is 6.50. The second-order valence-electron chi connectivity index (χ2n) is 4.28. The van der Waals surface area contributed by atoms with E-state index < -0.39 is 0 Å². The van der Waals surface area contributed by atoms with Gasteiger partial charge in [-0.3, -0.25) is 9.59 Å². The van der Waals surface area contributed by atoms with Gasteiger partial charge in [0.25, 0.3) is 5.91 Å². The number of esters is 1. The van der Waals surface area contributed by atoms with Crippen molar-refractivity contribution >= 4 is 79.6 Å². The summed E-state index contributed by atoms with van der Waals surface area (Å²) in [7, 11) is 0. The molecule has 0 aliphatic rings. The first-order valence-corrected chi connectivity index (χ1v) is 9.73. The van der Waals surface area contributed by atoms with Gasteiger partial charge < -0.3 is 9.64 Å². The molecule has 0 radical (unpaired) electrons. The van der Waals surface area contributed by atoms with Crippen LogP contribution in [0.3, 0.4) is 0 Å². The highest BCUT2D eigenvalue weighted by Crippen LogP contribution is 2.24. The van der Waals surface area contributed by atoms with Crippen molar-refractivity contribution in [2.45, 2.75) is 20.3 Å². The predicted molar refractivity (Wildman–Crippen MR) is 107 cm³/mol. The summed E-state index contributed by atoms with van der Waals surface area (Å²) < 4.78 is 7.91. The average molecular weight is 627 g/mol. The highest BCUT2D eigenvalue weighted by Gasteiger charge is 2.22. The monoisotopic (exact) mass is 627 g/mol. The molecule has 116 valence electrons. The largest absolute Gasteiger partial charge is 0.465 e. The van der Waals surface area contributed by atoms with E-state index in [1.165, 1.54) is 0 Å². The molecule has 0 aliphatic carbocycles. The minimum absolute atomic E-state index is 0.00134. The van der Waals surface area contributed by atoms with Gasteiger partial charge in [0.2, 0.25) is 0 Å². The lowest BCUT2D eigenvalue weighted by Gasteiger charge is -2.22. The quantitative estimate of drug-likeness (QED) is 0.273. The highest BCUT2D eigenvalue weighted by molar-refractivity contribution is 14.1. The lowest BCUT2D eigenvalue weighted by atomic mass is 10.2. The third kappa shape index (κ3) is 5.81. The summed E-state index contributed by atoms with van der Waals surface area (Å²) in [5.74, 6) is -0.486. The van der Waals surface area contributed by atoms with Crippen molar-refractivity contribution < 1.29 is 14.3 Å². The summed E-state index contributed by atoms with van der Waals surface area (Å²) in [6.45, 7) is 4.60. The maximum atomic E-state index is 12.7. The molecule has 0 heterocycles. The van der Waals surface area contributed by atoms with Gasteiger partial charge in [0.1, 0.15) is 6.54 Å². The summed E-state index contributed by atoms with van der Waals surface area (Å²) in [4.78, 5) is 25.9. The Kier molecular flexibility index (Phi) is 8.76. The van der Waals surface area contributed by atoms with Crippen LogP contribution in [0.2, 0.25) is 0 Å². The lowest BCUT2D eigenvalue weighted by Crippen LogP contribution is -2.37. The summed E-state index contributed by atoms with van der Waals surface area (Å²) in [5, 5.41) is 0. The van der Waals surface area contributed by atoms with Gasteiger partial charge in [-0.15, -0.1) is 0 Å². The van der Waals surface area contributed by atoms with E-state index in [1.54, 1.807) is 11.8 Å². The van der Waals surface area contributed by atoms with Crippen molar-refractivity contribution in [1.82, 2.24) is 4.90 Å². The Labute approximate surface area is 165 Å². The molecule has 1 aromatic rings. The van der Waals surface area contributed by atoms with Gasteiger partial charge in [-0.1, -0.05) is 6.92 Å². The Hall–Kier alpha value is 0.350. The fraction of sp³-hybridized carbons (Fsp3) is 0.429. The molecular formula is C14H16I3NO3. The summed E-state index contributed by atoms with van der Waals surface area (Å²) in [5.41, 5.74) is 0.643. The molecule has 1 aromatic carbocycles. The first kappa shape index (κ1) is 19.4. The van der Waals surface area contributed by atoms with Gasteiger partial charge in [-0.2, -0.15) is 0 Å². The van der Waals surface area contributed by atoms with Crippen LogP contribution in [-0.4, -0.2) is 36.5 Å². The molecule has 21 heavy (non-hydrogen) atoms. The van der Waals surface area contributed by atoms with Crippen LogP contribution < -0.4 is 0 Å². The molecule has 1 amide bonds. The number of hydrogen-bond acceptors (Lipinski definition) is 3. The number of amides is 1. The highest BCUT2D eigenvalue weighted by atomic mass is 127. The van der Waals surface area contributed by atoms with Gasteiger partial charge >= 0.3 is 5.97 Å². The fourth-order valence-electron chi connectivity index (χ4n) is 1.77. The van der Waals surface area contributed by atoms with Gasteiger partial charge in [0.05, 0.1) is 12.2 Å². The van der Waals surface area contributed by atoms with Crippen molar-refractivity contribution in [1.29, 1.82) is 0 Å². The van der Waals surface area contributed by atoms with Crippen LogP contribution in [0.1, 0.15) is 30.6 Å². The molecule has 7 heteroatoms. The molecular weight excluding hydrogens is 611 g/mol. The predicted octanol–water partition coefficient (Wildman–Crippen LogP) is 3.92. The summed E-state index contributed by atoms with van der Waals surface area (Å²) in [6.07, 6.45) is 0.794. The number of carbonyl (C=O) groups is 2. The van der Waals surface area contributed by atoms with Crippen LogP contribution >= 0.6 is 67.8 Å². The van der Waals surface area contributed by atoms with Crippen LogP contribution in [0.5, 0.6) is 0 Å². The van der Waals surface area contributed by atoms with E-state index in [2.05, 4.69) is 67.8 Å². The maximum Gasteiger partial charge on any atom is 0.325 e. The fourth-order valence-corrected chi connectivity index (χ4v) is 4.15. The zero-order chi connectivity index (χ0) is 16.0. The zero-order valence-electron chi connectivity index (χ0n) is 11.8. The van der Waals surface area contributed by atoms with E-state index in [9.17, 15) is 9.59 Å². The van der Waals surface area contributed by atoms with Crippen LogP contribution in [0.4, 0.5) is 0 Å². The van der Waals surface area contributed by atoms with E-state index in [0.717, 1.165) is 17.1 Å². The van der Waals surface area contributed by atoms with E-state index in [4.69, 9.17) is 4.74 Å². The van der Waals surface area contributed by atoms with Crippen molar-refractivity contribution in [2.75, 3.05) is 19.7 Å². The van der Waals surface area contributed by atoms with Crippen LogP contribution in [0.25, 0.3) is 0 Å². The smallest absolute Gasteiger partial charge is 0.325 e. The normalized spacial score (nSPS) is 10.3. The van der Waals surface area contributed by atoms with Crippen molar-refractivity contribution in [3.63, 3.8) is 0 Å². The molecule has 0 spiro atoms. The number of rotatable bonds is 6. The van der Waals surface area contributed by atoms with E-state index in [0.29, 0.717) is 18.7 Å². The molecule has 0 N–H and O–H groups in total. The second kappa shape index (κ2) is 9.48. The number of hydrogen-bond donors (Lipinski definition) is 0. The Morgan fingerprint density at radius 1 is 1.19 bits per heavy atom. The Balaban J connectivity index is 3.03. The molecule has 4 nitrogen and oxygen atoms in total. The van der Waals surface area contributed by atoms with Gasteiger partial charge in [0, 0.05) is 17.3 Å². The average Bonchev–Trinajstić information content (AvgIpc) is 2.42. The molecule has 0 bridgehead atoms. The molecule has 0 aliphatic heterocycles. The topological polar surface area (TPSA) is 46.6 Å². The van der Waals surface area contributed by atoms with Crippen molar-refractivity contribution in [3.05, 3.63) is 28.4 Å². The maximum absolute atomic E-state index is 12.7. The van der Waals surface area contributed by atoms with Crippen molar-refractivity contribution in [3.8, 4) is 0 Å². The number of carbonyl (C=O) groups excluding carboxylic acids is 2. The van der Waals surface area contributed by atoms with Gasteiger partial charge in [-0.05, 0) is 93.2 Å². The molecule has 1 rings (SSSR count). The minimum atomic E-state index is -0.366. The third-order valence-corrected chi connectivity index (χ3v) is 6.30. The summed E-state index contributed by atoms with van der Waals surface area (Å²) >= 11 is 6.59. The first-order chi connectivity index (χ1) is 9.90. The van der Waals surface area contributed by atoms with Gasteiger partial charge in [0.15, 0.2) is 0 Å². The van der Waals surface area contributed by atoms with E-state index in [-0.39, 0.29) is 18.4 Å². The molecule has 0 atom stereocenters. The standard InChI is InChI=1S/C14H16I3NO3/c1-3-5-18(8-12(19)21-4-2)14(20)10-6-9(15)7-11(16)13(10)17/h6-7H,3-5,8H2,1-2H3. The van der Waals surface area contributed by atoms with Crippen LogP contribution in [0, 0.1) is 10.7 Å². The van der Waals surface area contributed by atoms with Crippen LogP contribution in [-0.2, 0) is 9.53 Å². The molecule has 0 unspecified atom stereocenters. The molecule has 0 fully saturated rings. The Bertz CT molecular complexity index is 534. The van der Waals surface area contributed by atoms with Gasteiger partial charge in [-0.25, -0.2) is 0 Å². The van der Waals surface area contributed by atoms with E-state index >= 15 is 0 Å². The van der Waals surface area contributed by atoms with Crippen molar-refractivity contribution in [2.24, 2.45) is 0 Å². The lowest BCUT2D eigenvalue weighted by molar-refractivity contribution is -0.143. The second-order valence-corrected chi connectivity index (χ2v) is 7.77. The number of nitrogens with zero attached hydrogens (tertiary/aromatic N) is 1. The van der Waals surface area contributed by atoms with E-state index in [1.807, 2.05) is 19.1 Å². The molecule has 0 saturated heterocycles. The van der Waals surface area contributed by atoms with Crippen LogP contribution in [0.15, 0.2) is 12.1 Å². The number of halogens is 3. The Morgan fingerprint density at radius 2 is 1.86 bits per heavy atom.